The van der Waals surface area contributed by atoms with Crippen molar-refractivity contribution in [3.8, 4) is 6.07 Å². The Bertz CT molecular complexity index is 1630. The quantitative estimate of drug-likeness (QED) is 0.111. The van der Waals surface area contributed by atoms with Gasteiger partial charge in [0.1, 0.15) is 12.2 Å². The third kappa shape index (κ3) is 8.59. The lowest BCUT2D eigenvalue weighted by atomic mass is 9.35. The average molecular weight is 782 g/mol. The number of hydrogen-bond donors (Lipinski definition) is 0. The van der Waals surface area contributed by atoms with Crippen LogP contribution >= 0.6 is 0 Å². The fourth-order valence-corrected chi connectivity index (χ4v) is 10.7. The van der Waals surface area contributed by atoms with Crippen molar-refractivity contribution < 1.29 is 42.9 Å². The highest BCUT2D eigenvalue weighted by atomic mass is 16.7. The molecule has 0 N–H and O–H groups in total. The van der Waals surface area contributed by atoms with Crippen LogP contribution in [-0.2, 0) is 42.9 Å². The van der Waals surface area contributed by atoms with Crippen molar-refractivity contribution in [2.24, 2.45) is 50.2 Å². The fraction of sp³-hybridized carbons (Fsp3) is 0.783. The van der Waals surface area contributed by atoms with Gasteiger partial charge in [-0.3, -0.25) is 24.0 Å². The van der Waals surface area contributed by atoms with Gasteiger partial charge in [-0.15, -0.1) is 0 Å². The SMILES string of the molecule is CC.CC.CC(=O)OC1CC(OC(=O)[C@]23CCC(C)(C)CC2C2C(=O)C=C4[C@@](C)(/C=C(/C#N)C(=O)C(C)(C)C)C(C)CC[C@@]4(C)C2(C)CC3)OC[C@@H]1OC(C)=O. The maximum atomic E-state index is 14.9. The molecule has 10 atom stereocenters. The molecule has 0 aromatic heterocycles. The fourth-order valence-electron chi connectivity index (χ4n) is 10.7. The molecular formula is C46H71NO9. The second-order valence-corrected chi connectivity index (χ2v) is 19.0. The molecule has 4 fully saturated rings. The van der Waals surface area contributed by atoms with E-state index in [2.05, 4.69) is 47.6 Å². The van der Waals surface area contributed by atoms with Gasteiger partial charge in [0.15, 0.2) is 17.7 Å². The summed E-state index contributed by atoms with van der Waals surface area (Å²) in [6.07, 6.45) is 5.95. The summed E-state index contributed by atoms with van der Waals surface area (Å²) in [4.78, 5) is 66.5. The Morgan fingerprint density at radius 3 is 2.00 bits per heavy atom. The van der Waals surface area contributed by atoms with E-state index >= 15 is 0 Å². The molecule has 0 radical (unpaired) electrons. The summed E-state index contributed by atoms with van der Waals surface area (Å²) in [6, 6.07) is 2.20. The van der Waals surface area contributed by atoms with Crippen molar-refractivity contribution in [2.75, 3.05) is 6.61 Å². The number of hydrogen-bond acceptors (Lipinski definition) is 10. The molecule has 6 unspecified atom stereocenters. The highest BCUT2D eigenvalue weighted by Gasteiger charge is 2.69. The van der Waals surface area contributed by atoms with E-state index in [9.17, 15) is 29.2 Å². The molecule has 4 aliphatic carbocycles. The van der Waals surface area contributed by atoms with Gasteiger partial charge >= 0.3 is 17.9 Å². The number of Topliss-reactive ketones (excluding diaryl/α,β-unsaturated/α-hetero) is 1. The summed E-state index contributed by atoms with van der Waals surface area (Å²) in [5, 5.41) is 10.2. The van der Waals surface area contributed by atoms with Gasteiger partial charge in [0.2, 0.25) is 6.29 Å². The van der Waals surface area contributed by atoms with Gasteiger partial charge in [0, 0.05) is 30.6 Å². The minimum absolute atomic E-state index is 0.00278. The zero-order valence-corrected chi connectivity index (χ0v) is 37.1. The molecule has 5 aliphatic rings. The molecule has 3 saturated carbocycles. The van der Waals surface area contributed by atoms with E-state index < -0.39 is 69.4 Å². The monoisotopic (exact) mass is 782 g/mol. The normalized spacial score (nSPS) is 37.4. The predicted molar refractivity (Wildman–Crippen MR) is 214 cm³/mol. The average Bonchev–Trinajstić information content (AvgIpc) is 3.11. The van der Waals surface area contributed by atoms with Gasteiger partial charge < -0.3 is 18.9 Å². The maximum Gasteiger partial charge on any atom is 0.314 e. The summed E-state index contributed by atoms with van der Waals surface area (Å²) in [5.41, 5.74) is -2.25. The molecule has 5 rings (SSSR count). The zero-order chi connectivity index (χ0) is 42.8. The van der Waals surface area contributed by atoms with Crippen LogP contribution in [-0.4, -0.2) is 54.6 Å². The first-order valence-corrected chi connectivity index (χ1v) is 21.1. The number of nitriles is 1. The standard InChI is InChI=1S/C42H59NO9.2C2H6/c1-24-12-13-40(10)32(39(24,9)20-27(22-43)35(47)37(4,5)6)18-29(46)34-28-21-38(7,8)14-16-42(28,17-15-41(34,40)11)36(48)52-33-19-30(50-25(2)44)31(23-49-33)51-26(3)45;2*1-2/h18,20,24,28,30-31,33-34H,12-17,19,21,23H2,1-11H3;2*1-2H3/b27-20-;;/t24?,28?,30?,31-,33?,34?,39-,40+,41?,42-;;/m0../s1. The minimum atomic E-state index is -1.01. The highest BCUT2D eigenvalue weighted by molar-refractivity contribution is 6.03. The first-order valence-electron chi connectivity index (χ1n) is 21.1. The van der Waals surface area contributed by atoms with Gasteiger partial charge in [-0.1, -0.05) is 102 Å². The first-order chi connectivity index (χ1) is 25.9. The second kappa shape index (κ2) is 17.3. The van der Waals surface area contributed by atoms with Gasteiger partial charge in [0.25, 0.3) is 0 Å². The number of rotatable bonds is 6. The van der Waals surface area contributed by atoms with Gasteiger partial charge in [-0.05, 0) is 79.1 Å². The summed E-state index contributed by atoms with van der Waals surface area (Å²) in [5.74, 6) is -2.33. The molecule has 0 amide bonds. The number of carbonyl (C=O) groups excluding carboxylic acids is 5. The van der Waals surface area contributed by atoms with E-state index in [1.54, 1.807) is 0 Å². The van der Waals surface area contributed by atoms with Crippen LogP contribution in [0.2, 0.25) is 0 Å². The van der Waals surface area contributed by atoms with Crippen LogP contribution in [0.25, 0.3) is 0 Å². The molecule has 1 aliphatic heterocycles. The van der Waals surface area contributed by atoms with Gasteiger partial charge in [-0.2, -0.15) is 5.26 Å². The van der Waals surface area contributed by atoms with Crippen LogP contribution in [0.3, 0.4) is 0 Å². The highest BCUT2D eigenvalue weighted by Crippen LogP contribution is 2.73. The van der Waals surface area contributed by atoms with E-state index in [1.165, 1.54) is 13.8 Å². The first kappa shape index (κ1) is 47.1. The van der Waals surface area contributed by atoms with E-state index in [4.69, 9.17) is 18.9 Å². The van der Waals surface area contributed by atoms with Crippen molar-refractivity contribution in [1.29, 1.82) is 5.26 Å². The number of fused-ring (bicyclic) bond motifs is 5. The van der Waals surface area contributed by atoms with E-state index in [0.29, 0.717) is 25.7 Å². The van der Waals surface area contributed by atoms with Crippen LogP contribution in [0.1, 0.15) is 155 Å². The topological polar surface area (TPSA) is 146 Å². The summed E-state index contributed by atoms with van der Waals surface area (Å²) in [7, 11) is 0. The van der Waals surface area contributed by atoms with Crippen molar-refractivity contribution in [2.45, 2.75) is 174 Å². The van der Waals surface area contributed by atoms with Crippen molar-refractivity contribution in [3.05, 3.63) is 23.3 Å². The molecule has 1 heterocycles. The molecular weight excluding hydrogens is 711 g/mol. The van der Waals surface area contributed by atoms with Crippen molar-refractivity contribution in [1.82, 2.24) is 0 Å². The van der Waals surface area contributed by atoms with Crippen molar-refractivity contribution >= 4 is 29.5 Å². The maximum absolute atomic E-state index is 14.9. The number of ketones is 2. The van der Waals surface area contributed by atoms with Gasteiger partial charge in [-0.25, -0.2) is 0 Å². The summed E-state index contributed by atoms with van der Waals surface area (Å²) >= 11 is 0. The molecule has 0 aromatic rings. The number of ether oxygens (including phenoxy) is 4. The Labute approximate surface area is 336 Å². The second-order valence-electron chi connectivity index (χ2n) is 19.0. The molecule has 0 bridgehead atoms. The number of nitrogens with zero attached hydrogens (tertiary/aromatic N) is 1. The van der Waals surface area contributed by atoms with Crippen LogP contribution < -0.4 is 0 Å². The Morgan fingerprint density at radius 1 is 0.875 bits per heavy atom. The van der Waals surface area contributed by atoms with Gasteiger partial charge in [0.05, 0.1) is 24.0 Å². The lowest BCUT2D eigenvalue weighted by molar-refractivity contribution is -0.242. The third-order valence-corrected chi connectivity index (χ3v) is 14.1. The third-order valence-electron chi connectivity index (χ3n) is 14.1. The number of allylic oxidation sites excluding steroid dienone is 4. The summed E-state index contributed by atoms with van der Waals surface area (Å²) < 4.78 is 22.8. The number of esters is 3. The molecule has 1 saturated heterocycles. The lowest BCUT2D eigenvalue weighted by Gasteiger charge is -2.67. The van der Waals surface area contributed by atoms with Crippen LogP contribution in [0.5, 0.6) is 0 Å². The van der Waals surface area contributed by atoms with Crippen LogP contribution in [0.4, 0.5) is 0 Å². The zero-order valence-electron chi connectivity index (χ0n) is 37.1. The Kier molecular flexibility index (Phi) is 14.5. The molecule has 314 valence electrons. The van der Waals surface area contributed by atoms with E-state index in [0.717, 1.165) is 24.8 Å². The predicted octanol–water partition coefficient (Wildman–Crippen LogP) is 9.44. The van der Waals surface area contributed by atoms with Crippen LogP contribution in [0, 0.1) is 61.6 Å². The Morgan fingerprint density at radius 2 is 1.45 bits per heavy atom. The van der Waals surface area contributed by atoms with Crippen molar-refractivity contribution in [3.63, 3.8) is 0 Å². The molecule has 0 spiro atoms. The minimum Gasteiger partial charge on any atom is -0.458 e. The molecule has 10 heteroatoms. The molecule has 0 aromatic carbocycles. The molecule has 56 heavy (non-hydrogen) atoms. The lowest BCUT2D eigenvalue weighted by Crippen LogP contribution is -2.65. The van der Waals surface area contributed by atoms with Crippen LogP contribution in [0.15, 0.2) is 23.3 Å². The van der Waals surface area contributed by atoms with E-state index in [-0.39, 0.29) is 47.4 Å². The summed E-state index contributed by atoms with van der Waals surface area (Å²) in [6.45, 7) is 29.0. The largest absolute Gasteiger partial charge is 0.458 e. The van der Waals surface area contributed by atoms with E-state index in [1.807, 2.05) is 60.6 Å². The Balaban J connectivity index is 0.00000204. The molecule has 10 nitrogen and oxygen atoms in total. The smallest absolute Gasteiger partial charge is 0.314 e. The number of carbonyl (C=O) groups is 5. The Hall–Kier alpha value is -3.32.